The summed E-state index contributed by atoms with van der Waals surface area (Å²) in [6.45, 7) is 0. The van der Waals surface area contributed by atoms with Crippen LogP contribution in [0.25, 0.3) is 0 Å². The van der Waals surface area contributed by atoms with Gasteiger partial charge in [-0.1, -0.05) is 12.1 Å². The van der Waals surface area contributed by atoms with Gasteiger partial charge >= 0.3 is 12.5 Å². The lowest BCUT2D eigenvalue weighted by atomic mass is 10.2. The second-order valence-electron chi connectivity index (χ2n) is 4.83. The van der Waals surface area contributed by atoms with Crippen LogP contribution in [0.2, 0.25) is 0 Å². The molecule has 0 spiro atoms. The Kier molecular flexibility index (Phi) is 5.24. The van der Waals surface area contributed by atoms with Gasteiger partial charge in [-0.2, -0.15) is 22.7 Å². The van der Waals surface area contributed by atoms with E-state index in [-0.39, 0.29) is 5.69 Å². The van der Waals surface area contributed by atoms with E-state index < -0.39 is 41.9 Å². The van der Waals surface area contributed by atoms with Crippen LogP contribution < -0.4 is 10.1 Å². The Bertz CT molecular complexity index is 759. The fraction of sp³-hybridized carbons (Fsp3) is 0.286. The zero-order chi connectivity index (χ0) is 18.8. The number of hydrogen-bond donors (Lipinski definition) is 1. The number of alkyl halides is 6. The van der Waals surface area contributed by atoms with Crippen molar-refractivity contribution in [1.29, 1.82) is 0 Å². The molecule has 0 aliphatic heterocycles. The third kappa shape index (κ3) is 4.43. The lowest BCUT2D eigenvalue weighted by molar-refractivity contribution is -0.236. The number of halogens is 6. The maximum Gasteiger partial charge on any atom is 0.457 e. The normalized spacial score (nSPS) is 13.0. The van der Waals surface area contributed by atoms with Crippen LogP contribution in [0.1, 0.15) is 22.5 Å². The number of nitrogens with zero attached hydrogens (tertiary/aromatic N) is 2. The van der Waals surface area contributed by atoms with Crippen molar-refractivity contribution in [3.05, 3.63) is 41.7 Å². The van der Waals surface area contributed by atoms with E-state index >= 15 is 0 Å². The average molecular weight is 367 g/mol. The van der Waals surface area contributed by atoms with Crippen LogP contribution in [-0.2, 0) is 7.05 Å². The van der Waals surface area contributed by atoms with Crippen LogP contribution >= 0.6 is 0 Å². The van der Waals surface area contributed by atoms with E-state index in [1.807, 2.05) is 0 Å². The van der Waals surface area contributed by atoms with Crippen molar-refractivity contribution in [1.82, 2.24) is 9.78 Å². The summed E-state index contributed by atoms with van der Waals surface area (Å²) >= 11 is 0. The number of carbonyl (C=O) groups excluding carboxylic acids is 1. The molecular formula is C14H11F6N3O2. The van der Waals surface area contributed by atoms with Gasteiger partial charge in [0.05, 0.1) is 11.3 Å². The highest BCUT2D eigenvalue weighted by Crippen LogP contribution is 2.31. The molecule has 1 aromatic heterocycles. The van der Waals surface area contributed by atoms with Crippen molar-refractivity contribution in [2.24, 2.45) is 7.05 Å². The Balaban J connectivity index is 2.25. The predicted octanol–water partition coefficient (Wildman–Crippen LogP) is 3.85. The van der Waals surface area contributed by atoms with Gasteiger partial charge in [0.2, 0.25) is 0 Å². The number of hydrogen-bond acceptors (Lipinski definition) is 3. The maximum atomic E-state index is 13.0. The van der Waals surface area contributed by atoms with Crippen LogP contribution in [-0.4, -0.2) is 28.2 Å². The van der Waals surface area contributed by atoms with Crippen molar-refractivity contribution >= 4 is 11.6 Å². The Labute approximate surface area is 137 Å². The molecule has 2 rings (SSSR count). The number of carbonyl (C=O) groups is 1. The lowest BCUT2D eigenvalue weighted by Gasteiger charge is -2.17. The number of rotatable bonds is 5. The lowest BCUT2D eigenvalue weighted by Crippen LogP contribution is -2.30. The van der Waals surface area contributed by atoms with Gasteiger partial charge in [0, 0.05) is 13.2 Å². The minimum atomic E-state index is -5.26. The van der Waals surface area contributed by atoms with E-state index in [1.165, 1.54) is 19.2 Å². The van der Waals surface area contributed by atoms with Gasteiger partial charge in [0.15, 0.2) is 0 Å². The van der Waals surface area contributed by atoms with Crippen molar-refractivity contribution in [3.8, 4) is 5.75 Å². The average Bonchev–Trinajstić information content (AvgIpc) is 2.90. The van der Waals surface area contributed by atoms with Crippen LogP contribution in [0.4, 0.5) is 32.0 Å². The number of amides is 1. The summed E-state index contributed by atoms with van der Waals surface area (Å²) in [6, 6.07) is 4.71. The molecule has 0 fully saturated rings. The summed E-state index contributed by atoms with van der Waals surface area (Å²) in [7, 11) is 1.32. The van der Waals surface area contributed by atoms with E-state index in [9.17, 15) is 31.1 Å². The quantitative estimate of drug-likeness (QED) is 0.817. The highest BCUT2D eigenvalue weighted by atomic mass is 19.4. The first-order valence-electron chi connectivity index (χ1n) is 6.69. The molecule has 1 unspecified atom stereocenters. The third-order valence-electron chi connectivity index (χ3n) is 2.93. The van der Waals surface area contributed by atoms with Crippen molar-refractivity contribution < 1.29 is 35.9 Å². The zero-order valence-electron chi connectivity index (χ0n) is 12.5. The van der Waals surface area contributed by atoms with Crippen LogP contribution in [0.3, 0.4) is 0 Å². The van der Waals surface area contributed by atoms with E-state index in [1.54, 1.807) is 0 Å². The van der Waals surface area contributed by atoms with Gasteiger partial charge in [-0.3, -0.25) is 9.48 Å². The number of benzene rings is 1. The number of para-hydroxylation sites is 2. The van der Waals surface area contributed by atoms with Crippen LogP contribution in [0.15, 0.2) is 30.5 Å². The second kappa shape index (κ2) is 7.03. The molecule has 0 bridgehead atoms. The van der Waals surface area contributed by atoms with Gasteiger partial charge in [0.1, 0.15) is 11.4 Å². The molecule has 0 radical (unpaired) electrons. The van der Waals surface area contributed by atoms with Crippen LogP contribution in [0.5, 0.6) is 5.75 Å². The molecular weight excluding hydrogens is 356 g/mol. The molecule has 0 aliphatic carbocycles. The Morgan fingerprint density at radius 2 is 1.88 bits per heavy atom. The predicted molar refractivity (Wildman–Crippen MR) is 74.1 cm³/mol. The molecule has 0 saturated heterocycles. The topological polar surface area (TPSA) is 56.2 Å². The molecule has 0 saturated carbocycles. The molecule has 11 heteroatoms. The molecule has 136 valence electrons. The zero-order valence-corrected chi connectivity index (χ0v) is 12.5. The molecule has 1 atom stereocenters. The van der Waals surface area contributed by atoms with Gasteiger partial charge < -0.3 is 10.1 Å². The van der Waals surface area contributed by atoms with E-state index in [0.29, 0.717) is 0 Å². The van der Waals surface area contributed by atoms with Gasteiger partial charge in [-0.25, -0.2) is 8.78 Å². The number of ether oxygens (including phenoxy) is 1. The molecule has 0 aliphatic rings. The summed E-state index contributed by atoms with van der Waals surface area (Å²) in [4.78, 5) is 12.1. The summed E-state index contributed by atoms with van der Waals surface area (Å²) in [6.07, 6.45) is -10.9. The number of aryl methyl sites for hydroxylation is 1. The molecule has 1 heterocycles. The van der Waals surface area contributed by atoms with Gasteiger partial charge in [-0.05, 0) is 12.1 Å². The fourth-order valence-corrected chi connectivity index (χ4v) is 1.88. The number of anilines is 1. The monoisotopic (exact) mass is 367 g/mol. The molecule has 1 amide bonds. The summed E-state index contributed by atoms with van der Waals surface area (Å²) in [5.74, 6) is -1.66. The smallest absolute Gasteiger partial charge is 0.450 e. The minimum Gasteiger partial charge on any atom is -0.450 e. The fourth-order valence-electron chi connectivity index (χ4n) is 1.88. The Morgan fingerprint density at radius 1 is 1.24 bits per heavy atom. The van der Waals surface area contributed by atoms with Crippen molar-refractivity contribution in [3.63, 3.8) is 0 Å². The molecule has 2 aromatic rings. The van der Waals surface area contributed by atoms with Gasteiger partial charge in [-0.15, -0.1) is 0 Å². The van der Waals surface area contributed by atoms with Crippen LogP contribution in [0, 0.1) is 0 Å². The first-order chi connectivity index (χ1) is 11.6. The molecule has 25 heavy (non-hydrogen) atoms. The number of nitrogens with one attached hydrogen (secondary N) is 1. The van der Waals surface area contributed by atoms with Gasteiger partial charge in [0.25, 0.3) is 12.3 Å². The molecule has 1 N–H and O–H groups in total. The second-order valence-corrected chi connectivity index (χ2v) is 4.83. The van der Waals surface area contributed by atoms with Crippen molar-refractivity contribution in [2.75, 3.05) is 5.32 Å². The molecule has 1 aromatic carbocycles. The van der Waals surface area contributed by atoms with E-state index in [0.717, 1.165) is 23.0 Å². The minimum absolute atomic E-state index is 0.316. The highest BCUT2D eigenvalue weighted by molar-refractivity contribution is 6.05. The van der Waals surface area contributed by atoms with E-state index in [4.69, 9.17) is 0 Å². The SMILES string of the molecule is Cn1cc(C(=O)Nc2ccccc2OC(F)C(F)(F)F)c(C(F)F)n1. The Hall–Kier alpha value is -2.72. The molecule has 5 nitrogen and oxygen atoms in total. The first kappa shape index (κ1) is 18.6. The summed E-state index contributed by atoms with van der Waals surface area (Å²) in [5, 5.41) is 5.55. The standard InChI is InChI=1S/C14H11F6N3O2/c1-23-6-7(10(22-23)11(15)16)12(24)21-8-4-2-3-5-9(8)25-13(17)14(18,19)20/h2-6,11,13H,1H3,(H,21,24). The first-order valence-corrected chi connectivity index (χ1v) is 6.69. The van der Waals surface area contributed by atoms with E-state index in [2.05, 4.69) is 15.2 Å². The maximum absolute atomic E-state index is 13.0. The highest BCUT2D eigenvalue weighted by Gasteiger charge is 2.42. The summed E-state index contributed by atoms with van der Waals surface area (Å²) < 4.78 is 80.7. The van der Waals surface area contributed by atoms with Crippen molar-refractivity contribution in [2.45, 2.75) is 19.0 Å². The third-order valence-corrected chi connectivity index (χ3v) is 2.93. The summed E-state index contributed by atoms with van der Waals surface area (Å²) in [5.41, 5.74) is -1.58. The number of aromatic nitrogens is 2. The Morgan fingerprint density at radius 3 is 2.48 bits per heavy atom. The largest absolute Gasteiger partial charge is 0.457 e.